The van der Waals surface area contributed by atoms with Crippen molar-refractivity contribution < 1.29 is 0 Å². The zero-order chi connectivity index (χ0) is 6.48. The van der Waals surface area contributed by atoms with Crippen molar-refractivity contribution in [1.29, 1.82) is 0 Å². The second-order valence-electron chi connectivity index (χ2n) is 3.71. The molecule has 52 valence electrons. The highest BCUT2D eigenvalue weighted by molar-refractivity contribution is 5.07. The minimum atomic E-state index is 0.694. The fraction of sp³-hybridized carbons (Fsp3) is 1.00. The largest absolute Gasteiger partial charge is 0.300 e. The van der Waals surface area contributed by atoms with Crippen LogP contribution in [0.2, 0.25) is 0 Å². The first-order valence-corrected chi connectivity index (χ1v) is 3.97. The average molecular weight is 125 g/mol. The molecule has 9 heavy (non-hydrogen) atoms. The Bertz CT molecular complexity index is 115. The van der Waals surface area contributed by atoms with Gasteiger partial charge in [-0.3, -0.25) is 0 Å². The van der Waals surface area contributed by atoms with Crippen LogP contribution in [0.4, 0.5) is 0 Å². The molecule has 0 bridgehead atoms. The minimum absolute atomic E-state index is 0.694. The van der Waals surface area contributed by atoms with E-state index < -0.39 is 0 Å². The number of hydrogen-bond acceptors (Lipinski definition) is 1. The van der Waals surface area contributed by atoms with Crippen LogP contribution in [0.25, 0.3) is 0 Å². The lowest BCUT2D eigenvalue weighted by Crippen LogP contribution is -2.66. The number of hydrogen-bond donors (Lipinski definition) is 0. The monoisotopic (exact) mass is 125 g/mol. The van der Waals surface area contributed by atoms with Crippen molar-refractivity contribution >= 4 is 0 Å². The van der Waals surface area contributed by atoms with Crippen LogP contribution in [0.3, 0.4) is 0 Å². The fourth-order valence-corrected chi connectivity index (χ4v) is 2.33. The third-order valence-corrected chi connectivity index (χ3v) is 3.57. The van der Waals surface area contributed by atoms with Crippen LogP contribution in [-0.4, -0.2) is 24.0 Å². The van der Waals surface area contributed by atoms with Crippen LogP contribution in [0.5, 0.6) is 0 Å². The molecule has 2 atom stereocenters. The fourth-order valence-electron chi connectivity index (χ4n) is 2.33. The van der Waals surface area contributed by atoms with E-state index in [0.29, 0.717) is 5.54 Å². The summed E-state index contributed by atoms with van der Waals surface area (Å²) < 4.78 is 0. The molecular weight excluding hydrogens is 110 g/mol. The maximum Gasteiger partial charge on any atom is 0.0244 e. The predicted molar refractivity (Wildman–Crippen MR) is 38.4 cm³/mol. The standard InChI is InChI=1S/C8H15N/c1-7-3-4-8(7)5-6-9(8)2/h7H,3-6H2,1-2H3. The van der Waals surface area contributed by atoms with Crippen molar-refractivity contribution in [1.82, 2.24) is 4.90 Å². The molecule has 2 unspecified atom stereocenters. The van der Waals surface area contributed by atoms with E-state index in [1.807, 2.05) is 0 Å². The summed E-state index contributed by atoms with van der Waals surface area (Å²) in [4.78, 5) is 2.53. The zero-order valence-corrected chi connectivity index (χ0v) is 6.35. The van der Waals surface area contributed by atoms with E-state index in [0.717, 1.165) is 5.92 Å². The van der Waals surface area contributed by atoms with E-state index in [-0.39, 0.29) is 0 Å². The molecule has 2 fully saturated rings. The van der Waals surface area contributed by atoms with E-state index >= 15 is 0 Å². The Balaban J connectivity index is 2.08. The van der Waals surface area contributed by atoms with Crippen LogP contribution >= 0.6 is 0 Å². The predicted octanol–water partition coefficient (Wildman–Crippen LogP) is 1.49. The summed E-state index contributed by atoms with van der Waals surface area (Å²) in [5.74, 6) is 0.983. The normalized spacial score (nSPS) is 50.7. The molecular formula is C8H15N. The van der Waals surface area contributed by atoms with Gasteiger partial charge in [0.05, 0.1) is 0 Å². The van der Waals surface area contributed by atoms with Crippen molar-refractivity contribution in [2.24, 2.45) is 5.92 Å². The summed E-state index contributed by atoms with van der Waals surface area (Å²) >= 11 is 0. The Morgan fingerprint density at radius 2 is 2.22 bits per heavy atom. The van der Waals surface area contributed by atoms with Gasteiger partial charge in [-0.1, -0.05) is 6.92 Å². The first-order valence-electron chi connectivity index (χ1n) is 3.97. The van der Waals surface area contributed by atoms with Crippen LogP contribution in [-0.2, 0) is 0 Å². The van der Waals surface area contributed by atoms with E-state index in [4.69, 9.17) is 0 Å². The Morgan fingerprint density at radius 3 is 2.22 bits per heavy atom. The summed E-state index contributed by atoms with van der Waals surface area (Å²) in [6, 6.07) is 0. The van der Waals surface area contributed by atoms with Crippen LogP contribution in [0.15, 0.2) is 0 Å². The molecule has 0 aromatic heterocycles. The van der Waals surface area contributed by atoms with Gasteiger partial charge in [-0.15, -0.1) is 0 Å². The molecule has 0 N–H and O–H groups in total. The molecule has 2 aliphatic rings. The molecule has 0 aromatic rings. The van der Waals surface area contributed by atoms with Gasteiger partial charge in [0.25, 0.3) is 0 Å². The van der Waals surface area contributed by atoms with Gasteiger partial charge in [0.1, 0.15) is 0 Å². The molecule has 1 spiro atoms. The van der Waals surface area contributed by atoms with Crippen LogP contribution in [0.1, 0.15) is 26.2 Å². The summed E-state index contributed by atoms with van der Waals surface area (Å²) in [5, 5.41) is 0. The maximum absolute atomic E-state index is 2.53. The molecule has 1 heterocycles. The van der Waals surface area contributed by atoms with Gasteiger partial charge < -0.3 is 4.90 Å². The van der Waals surface area contributed by atoms with Gasteiger partial charge in [-0.2, -0.15) is 0 Å². The molecule has 1 heteroatoms. The Morgan fingerprint density at radius 1 is 1.44 bits per heavy atom. The zero-order valence-electron chi connectivity index (χ0n) is 6.35. The smallest absolute Gasteiger partial charge is 0.0244 e. The second-order valence-corrected chi connectivity index (χ2v) is 3.71. The van der Waals surface area contributed by atoms with Gasteiger partial charge in [-0.05, 0) is 32.2 Å². The highest BCUT2D eigenvalue weighted by atomic mass is 15.2. The summed E-state index contributed by atoms with van der Waals surface area (Å²) in [6.07, 6.45) is 4.39. The molecule has 2 rings (SSSR count). The van der Waals surface area contributed by atoms with Crippen molar-refractivity contribution in [2.75, 3.05) is 13.6 Å². The average Bonchev–Trinajstić information content (AvgIpc) is 1.82. The first kappa shape index (κ1) is 5.72. The number of likely N-dealkylation sites (tertiary alicyclic amines) is 1. The summed E-state index contributed by atoms with van der Waals surface area (Å²) in [6.45, 7) is 3.73. The molecule has 0 amide bonds. The Kier molecular flexibility index (Phi) is 0.963. The lowest BCUT2D eigenvalue weighted by Gasteiger charge is -2.61. The Hall–Kier alpha value is -0.0400. The van der Waals surface area contributed by atoms with Gasteiger partial charge in [0.15, 0.2) is 0 Å². The van der Waals surface area contributed by atoms with E-state index in [1.54, 1.807) is 0 Å². The summed E-state index contributed by atoms with van der Waals surface area (Å²) in [5.41, 5.74) is 0.694. The van der Waals surface area contributed by atoms with Crippen LogP contribution < -0.4 is 0 Å². The van der Waals surface area contributed by atoms with Gasteiger partial charge in [0.2, 0.25) is 0 Å². The van der Waals surface area contributed by atoms with Gasteiger partial charge in [0, 0.05) is 12.1 Å². The Labute approximate surface area is 57.0 Å². The highest BCUT2D eigenvalue weighted by Crippen LogP contribution is 2.50. The van der Waals surface area contributed by atoms with Gasteiger partial charge in [-0.25, -0.2) is 0 Å². The number of nitrogens with zero attached hydrogens (tertiary/aromatic N) is 1. The van der Waals surface area contributed by atoms with Crippen molar-refractivity contribution in [3.63, 3.8) is 0 Å². The molecule has 0 aromatic carbocycles. The van der Waals surface area contributed by atoms with E-state index in [2.05, 4.69) is 18.9 Å². The SMILES string of the molecule is CC1CCC12CCN2C. The molecule has 1 aliphatic carbocycles. The third kappa shape index (κ3) is 0.493. The lowest BCUT2D eigenvalue weighted by atomic mass is 9.61. The molecule has 1 nitrogen and oxygen atoms in total. The summed E-state index contributed by atoms with van der Waals surface area (Å²) in [7, 11) is 2.26. The molecule has 1 aliphatic heterocycles. The van der Waals surface area contributed by atoms with Crippen molar-refractivity contribution in [2.45, 2.75) is 31.7 Å². The van der Waals surface area contributed by atoms with Crippen molar-refractivity contribution in [3.05, 3.63) is 0 Å². The molecule has 1 saturated heterocycles. The van der Waals surface area contributed by atoms with E-state index in [1.165, 1.54) is 25.8 Å². The van der Waals surface area contributed by atoms with Crippen LogP contribution in [0, 0.1) is 5.92 Å². The molecule has 0 radical (unpaired) electrons. The minimum Gasteiger partial charge on any atom is -0.300 e. The quantitative estimate of drug-likeness (QED) is 0.474. The third-order valence-electron chi connectivity index (χ3n) is 3.57. The maximum atomic E-state index is 2.53. The first-order chi connectivity index (χ1) is 4.26. The van der Waals surface area contributed by atoms with Gasteiger partial charge >= 0.3 is 0 Å². The second kappa shape index (κ2) is 1.51. The van der Waals surface area contributed by atoms with Crippen molar-refractivity contribution in [3.8, 4) is 0 Å². The molecule has 1 saturated carbocycles. The highest BCUT2D eigenvalue weighted by Gasteiger charge is 2.51. The number of rotatable bonds is 0. The lowest BCUT2D eigenvalue weighted by molar-refractivity contribution is -0.0991. The van der Waals surface area contributed by atoms with E-state index in [9.17, 15) is 0 Å². The topological polar surface area (TPSA) is 3.24 Å².